The molecule has 0 aliphatic rings. The van der Waals surface area contributed by atoms with Crippen LogP contribution in [0.4, 0.5) is 0 Å². The van der Waals surface area contributed by atoms with E-state index in [1.54, 1.807) is 6.92 Å². The summed E-state index contributed by atoms with van der Waals surface area (Å²) in [5.41, 5.74) is 0. The Hall–Kier alpha value is 0.850. The number of ether oxygens (including phenoxy) is 1. The molecule has 0 radical (unpaired) electrons. The minimum atomic E-state index is -4.79. The molecule has 0 aromatic carbocycles. The second-order valence-corrected chi connectivity index (χ2v) is 7.74. The molecule has 0 atom stereocenters. The SMILES string of the molecule is CCOCCOP(O)(O)(Cl)Cl. The molecule has 0 amide bonds. The van der Waals surface area contributed by atoms with Crippen molar-refractivity contribution in [2.75, 3.05) is 19.8 Å². The second kappa shape index (κ2) is 4.19. The first-order chi connectivity index (χ1) is 4.81. The van der Waals surface area contributed by atoms with Crippen LogP contribution in [-0.2, 0) is 9.26 Å². The molecule has 70 valence electrons. The summed E-state index contributed by atoms with van der Waals surface area (Å²) in [6, 6.07) is 0. The molecule has 0 rings (SSSR count). The fraction of sp³-hybridized carbons (Fsp3) is 1.00. The van der Waals surface area contributed by atoms with Gasteiger partial charge in [0.2, 0.25) is 0 Å². The van der Waals surface area contributed by atoms with Crippen molar-refractivity contribution >= 4 is 28.5 Å². The van der Waals surface area contributed by atoms with Crippen molar-refractivity contribution in [3.63, 3.8) is 0 Å². The van der Waals surface area contributed by atoms with E-state index in [1.165, 1.54) is 0 Å². The van der Waals surface area contributed by atoms with Gasteiger partial charge in [0.15, 0.2) is 0 Å². The van der Waals surface area contributed by atoms with E-state index in [-0.39, 0.29) is 13.2 Å². The van der Waals surface area contributed by atoms with Crippen LogP contribution in [0.1, 0.15) is 6.92 Å². The average molecular weight is 225 g/mol. The van der Waals surface area contributed by atoms with Gasteiger partial charge in [0.05, 0.1) is 0 Å². The molecule has 0 aliphatic heterocycles. The van der Waals surface area contributed by atoms with Gasteiger partial charge in [-0.1, -0.05) is 0 Å². The molecule has 11 heavy (non-hydrogen) atoms. The van der Waals surface area contributed by atoms with E-state index in [9.17, 15) is 0 Å². The third kappa shape index (κ3) is 10.8. The van der Waals surface area contributed by atoms with Gasteiger partial charge in [-0.2, -0.15) is 0 Å². The number of hydrogen-bond acceptors (Lipinski definition) is 4. The summed E-state index contributed by atoms with van der Waals surface area (Å²) < 4.78 is 9.20. The van der Waals surface area contributed by atoms with Gasteiger partial charge in [-0.05, 0) is 0 Å². The first-order valence-electron chi connectivity index (χ1n) is 2.99. The van der Waals surface area contributed by atoms with Crippen LogP contribution in [0.5, 0.6) is 0 Å². The Morgan fingerprint density at radius 3 is 2.18 bits per heavy atom. The second-order valence-electron chi connectivity index (χ2n) is 1.79. The van der Waals surface area contributed by atoms with Gasteiger partial charge < -0.3 is 0 Å². The molecular formula is C4H11Cl2O4P. The molecule has 7 heteroatoms. The van der Waals surface area contributed by atoms with Crippen LogP contribution in [0, 0.1) is 0 Å². The summed E-state index contributed by atoms with van der Waals surface area (Å²) in [6.45, 7) is 2.53. The Kier molecular flexibility index (Phi) is 4.51. The molecule has 0 bridgehead atoms. The molecule has 0 saturated carbocycles. The molecule has 4 nitrogen and oxygen atoms in total. The normalized spacial score (nSPS) is 15.9. The molecule has 0 heterocycles. The van der Waals surface area contributed by atoms with Gasteiger partial charge in [0, 0.05) is 0 Å². The summed E-state index contributed by atoms with van der Waals surface area (Å²) in [5.74, 6) is -4.79. The summed E-state index contributed by atoms with van der Waals surface area (Å²) in [5, 5.41) is 0. The average Bonchev–Trinajstić information content (AvgIpc) is 1.76. The summed E-state index contributed by atoms with van der Waals surface area (Å²) in [6.07, 6.45) is 0. The fourth-order valence-electron chi connectivity index (χ4n) is 0.391. The monoisotopic (exact) mass is 224 g/mol. The first kappa shape index (κ1) is 11.8. The van der Waals surface area contributed by atoms with Crippen LogP contribution in [0.2, 0.25) is 0 Å². The Morgan fingerprint density at radius 1 is 1.27 bits per heavy atom. The Labute approximate surface area is 74.8 Å². The maximum atomic E-state index is 8.72. The number of halogens is 2. The third-order valence-electron chi connectivity index (χ3n) is 0.736. The van der Waals surface area contributed by atoms with Crippen LogP contribution in [0.15, 0.2) is 0 Å². The third-order valence-corrected chi connectivity index (χ3v) is 1.93. The standard InChI is InChI=1S/C4H11Cl2O4P/c1-2-9-3-4-10-11(5,6,7)8/h7-8H,2-4H2,1H3. The predicted octanol–water partition coefficient (Wildman–Crippen LogP) is 1.63. The molecule has 0 aromatic rings. The zero-order valence-corrected chi connectivity index (χ0v) is 8.44. The van der Waals surface area contributed by atoms with Gasteiger partial charge >= 0.3 is 74.3 Å². The van der Waals surface area contributed by atoms with Gasteiger partial charge in [-0.3, -0.25) is 0 Å². The van der Waals surface area contributed by atoms with Crippen LogP contribution in [-0.4, -0.2) is 29.6 Å². The van der Waals surface area contributed by atoms with Crippen LogP contribution in [0.25, 0.3) is 0 Å². The van der Waals surface area contributed by atoms with E-state index in [0.29, 0.717) is 6.61 Å². The molecule has 0 fully saturated rings. The van der Waals surface area contributed by atoms with E-state index in [1.807, 2.05) is 0 Å². The topological polar surface area (TPSA) is 58.9 Å². The summed E-state index contributed by atoms with van der Waals surface area (Å²) in [4.78, 5) is 17.4. The van der Waals surface area contributed by atoms with Crippen molar-refractivity contribution in [2.45, 2.75) is 6.92 Å². The molecule has 0 aliphatic carbocycles. The molecule has 0 aromatic heterocycles. The van der Waals surface area contributed by atoms with Crippen molar-refractivity contribution in [3.8, 4) is 0 Å². The zero-order chi connectivity index (χ0) is 8.98. The van der Waals surface area contributed by atoms with Crippen molar-refractivity contribution in [3.05, 3.63) is 0 Å². The quantitative estimate of drug-likeness (QED) is 0.551. The molecule has 2 N–H and O–H groups in total. The minimum absolute atomic E-state index is 0.0360. The van der Waals surface area contributed by atoms with Crippen molar-refractivity contribution in [1.29, 1.82) is 0 Å². The van der Waals surface area contributed by atoms with Crippen molar-refractivity contribution < 1.29 is 19.0 Å². The van der Waals surface area contributed by atoms with E-state index < -0.39 is 5.99 Å². The Morgan fingerprint density at radius 2 is 1.82 bits per heavy atom. The van der Waals surface area contributed by atoms with Crippen LogP contribution < -0.4 is 0 Å². The Bertz CT molecular complexity index is 114. The fourth-order valence-corrected chi connectivity index (χ4v) is 1.18. The number of rotatable bonds is 5. The zero-order valence-electron chi connectivity index (χ0n) is 6.04. The van der Waals surface area contributed by atoms with Gasteiger partial charge in [0.25, 0.3) is 0 Å². The molecule has 0 saturated heterocycles. The van der Waals surface area contributed by atoms with Crippen LogP contribution in [0.3, 0.4) is 0 Å². The van der Waals surface area contributed by atoms with Gasteiger partial charge in [-0.25, -0.2) is 0 Å². The number of hydrogen-bond donors (Lipinski definition) is 2. The maximum absolute atomic E-state index is 8.72. The van der Waals surface area contributed by atoms with Crippen LogP contribution >= 0.6 is 28.5 Å². The Balaban J connectivity index is 3.40. The van der Waals surface area contributed by atoms with Crippen molar-refractivity contribution in [2.24, 2.45) is 0 Å². The van der Waals surface area contributed by atoms with E-state index in [4.69, 9.17) is 37.0 Å². The van der Waals surface area contributed by atoms with E-state index in [0.717, 1.165) is 0 Å². The van der Waals surface area contributed by atoms with E-state index >= 15 is 0 Å². The van der Waals surface area contributed by atoms with E-state index in [2.05, 4.69) is 4.52 Å². The predicted molar refractivity (Wildman–Crippen MR) is 45.5 cm³/mol. The summed E-state index contributed by atoms with van der Waals surface area (Å²) >= 11 is 9.99. The van der Waals surface area contributed by atoms with Gasteiger partial charge in [0.1, 0.15) is 0 Å². The summed E-state index contributed by atoms with van der Waals surface area (Å²) in [7, 11) is 0. The van der Waals surface area contributed by atoms with Crippen molar-refractivity contribution in [1.82, 2.24) is 0 Å². The molecule has 0 spiro atoms. The molecule has 0 unspecified atom stereocenters. The first-order valence-corrected chi connectivity index (χ1v) is 6.86. The molecular weight excluding hydrogens is 214 g/mol. The van der Waals surface area contributed by atoms with Gasteiger partial charge in [-0.15, -0.1) is 0 Å².